The van der Waals surface area contributed by atoms with Crippen LogP contribution in [0.15, 0.2) is 34.7 Å². The molecule has 29 heavy (non-hydrogen) atoms. The number of H-pyrrole nitrogens is 1. The van der Waals surface area contributed by atoms with Gasteiger partial charge >= 0.3 is 5.97 Å². The summed E-state index contributed by atoms with van der Waals surface area (Å²) in [5.41, 5.74) is 3.28. The Labute approximate surface area is 177 Å². The van der Waals surface area contributed by atoms with Crippen LogP contribution in [0.1, 0.15) is 44.6 Å². The molecule has 0 aliphatic rings. The summed E-state index contributed by atoms with van der Waals surface area (Å²) in [6.07, 6.45) is 0. The summed E-state index contributed by atoms with van der Waals surface area (Å²) in [7, 11) is 0. The number of thioether (sulfide) groups is 1. The Kier molecular flexibility index (Phi) is 7.05. The van der Waals surface area contributed by atoms with E-state index in [0.717, 1.165) is 5.56 Å². The lowest BCUT2D eigenvalue weighted by molar-refractivity contribution is 0.0525. The molecule has 0 saturated carbocycles. The zero-order valence-electron chi connectivity index (χ0n) is 16.4. The first-order valence-electron chi connectivity index (χ1n) is 9.13. The minimum atomic E-state index is -0.413. The molecule has 7 nitrogen and oxygen atoms in total. The fraction of sp³-hybridized carbons (Fsp3) is 0.300. The Morgan fingerprint density at radius 1 is 1.21 bits per heavy atom. The topological polar surface area (TPSA) is 97.0 Å². The predicted octanol–water partition coefficient (Wildman–Crippen LogP) is 4.25. The summed E-state index contributed by atoms with van der Waals surface area (Å²) >= 11 is 2.73. The largest absolute Gasteiger partial charge is 0.462 e. The molecule has 2 N–H and O–H groups in total. The van der Waals surface area contributed by atoms with E-state index in [1.807, 2.05) is 30.3 Å². The summed E-state index contributed by atoms with van der Waals surface area (Å²) in [6.45, 7) is 6.22. The van der Waals surface area contributed by atoms with Crippen LogP contribution in [-0.4, -0.2) is 39.3 Å². The maximum absolute atomic E-state index is 12.6. The van der Waals surface area contributed by atoms with Crippen LogP contribution in [0.4, 0.5) is 5.13 Å². The molecule has 0 fully saturated rings. The van der Waals surface area contributed by atoms with Gasteiger partial charge in [-0.2, -0.15) is 0 Å². The van der Waals surface area contributed by atoms with Crippen molar-refractivity contribution in [1.82, 2.24) is 15.2 Å². The van der Waals surface area contributed by atoms with Crippen LogP contribution >= 0.6 is 23.1 Å². The van der Waals surface area contributed by atoms with Gasteiger partial charge in [0.05, 0.1) is 23.6 Å². The summed E-state index contributed by atoms with van der Waals surface area (Å²) in [4.78, 5) is 27.7. The monoisotopic (exact) mass is 430 g/mol. The van der Waals surface area contributed by atoms with Crippen LogP contribution < -0.4 is 5.32 Å². The Morgan fingerprint density at radius 3 is 2.69 bits per heavy atom. The van der Waals surface area contributed by atoms with E-state index in [4.69, 9.17) is 4.74 Å². The van der Waals surface area contributed by atoms with Crippen LogP contribution in [0.5, 0.6) is 0 Å². The number of ketones is 1. The van der Waals surface area contributed by atoms with Gasteiger partial charge in [0.2, 0.25) is 5.13 Å². The number of Topliss-reactive ketones (excluding diaryl/α,β-unsaturated/α-hetero) is 1. The molecule has 152 valence electrons. The van der Waals surface area contributed by atoms with E-state index >= 15 is 0 Å². The van der Waals surface area contributed by atoms with E-state index in [-0.39, 0.29) is 11.5 Å². The molecule has 0 spiro atoms. The van der Waals surface area contributed by atoms with E-state index < -0.39 is 5.97 Å². The minimum absolute atomic E-state index is 0.0971. The first kappa shape index (κ1) is 21.1. The number of hydrogen-bond acceptors (Lipinski definition) is 8. The summed E-state index contributed by atoms with van der Waals surface area (Å²) < 4.78 is 5.78. The highest BCUT2D eigenvalue weighted by Crippen LogP contribution is 2.27. The Hall–Kier alpha value is -2.65. The molecule has 0 aliphatic heterocycles. The Balaban J connectivity index is 1.58. The number of benzene rings is 1. The minimum Gasteiger partial charge on any atom is -0.462 e. The van der Waals surface area contributed by atoms with Crippen molar-refractivity contribution in [2.24, 2.45) is 0 Å². The first-order chi connectivity index (χ1) is 14.0. The molecule has 0 saturated heterocycles. The predicted molar refractivity (Wildman–Crippen MR) is 115 cm³/mol. The summed E-state index contributed by atoms with van der Waals surface area (Å²) in [5, 5.41) is 12.2. The van der Waals surface area contributed by atoms with E-state index in [9.17, 15) is 9.59 Å². The number of nitrogens with one attached hydrogen (secondary N) is 2. The SMILES string of the molecule is CCOC(=O)c1c(C)[nH]c(C(=O)CSc2nnc(NCc3ccccc3)s2)c1C. The van der Waals surface area contributed by atoms with Gasteiger partial charge in [-0.1, -0.05) is 53.4 Å². The lowest BCUT2D eigenvalue weighted by Gasteiger charge is -2.02. The van der Waals surface area contributed by atoms with E-state index in [1.54, 1.807) is 20.8 Å². The lowest BCUT2D eigenvalue weighted by atomic mass is 10.1. The number of esters is 1. The first-order valence-corrected chi connectivity index (χ1v) is 10.9. The summed E-state index contributed by atoms with van der Waals surface area (Å²) in [5.74, 6) is -0.306. The number of ether oxygens (including phenoxy) is 1. The third-order valence-electron chi connectivity index (χ3n) is 4.22. The number of aromatic amines is 1. The van der Waals surface area contributed by atoms with Gasteiger partial charge in [0.15, 0.2) is 10.1 Å². The van der Waals surface area contributed by atoms with Crippen LogP contribution in [0.3, 0.4) is 0 Å². The van der Waals surface area contributed by atoms with Gasteiger partial charge in [-0.3, -0.25) is 4.79 Å². The zero-order valence-corrected chi connectivity index (χ0v) is 18.1. The number of nitrogens with zero attached hydrogens (tertiary/aromatic N) is 2. The molecule has 0 amide bonds. The van der Waals surface area contributed by atoms with Gasteiger partial charge in [-0.15, -0.1) is 10.2 Å². The van der Waals surface area contributed by atoms with Gasteiger partial charge in [0, 0.05) is 12.2 Å². The number of carbonyl (C=O) groups excluding carboxylic acids is 2. The fourth-order valence-corrected chi connectivity index (χ4v) is 4.47. The summed E-state index contributed by atoms with van der Waals surface area (Å²) in [6, 6.07) is 10.0. The van der Waals surface area contributed by atoms with Crippen LogP contribution in [0.2, 0.25) is 0 Å². The van der Waals surface area contributed by atoms with Gasteiger partial charge < -0.3 is 15.0 Å². The molecule has 2 heterocycles. The van der Waals surface area contributed by atoms with E-state index in [1.165, 1.54) is 23.1 Å². The molecular formula is C20H22N4O3S2. The highest BCUT2D eigenvalue weighted by atomic mass is 32.2. The number of rotatable bonds is 9. The van der Waals surface area contributed by atoms with Crippen LogP contribution in [0, 0.1) is 13.8 Å². The number of hydrogen-bond donors (Lipinski definition) is 2. The molecule has 9 heteroatoms. The van der Waals surface area contributed by atoms with Gasteiger partial charge in [0.1, 0.15) is 0 Å². The maximum atomic E-state index is 12.6. The van der Waals surface area contributed by atoms with E-state index in [2.05, 4.69) is 20.5 Å². The van der Waals surface area contributed by atoms with Crippen LogP contribution in [0.25, 0.3) is 0 Å². The molecule has 0 bridgehead atoms. The molecule has 0 radical (unpaired) electrons. The smallest absolute Gasteiger partial charge is 0.340 e. The number of anilines is 1. The van der Waals surface area contributed by atoms with Crippen molar-refractivity contribution >= 4 is 40.0 Å². The van der Waals surface area contributed by atoms with Gasteiger partial charge in [0.25, 0.3) is 0 Å². The molecule has 0 atom stereocenters. The van der Waals surface area contributed by atoms with Gasteiger partial charge in [-0.05, 0) is 31.9 Å². The van der Waals surface area contributed by atoms with Crippen molar-refractivity contribution in [3.8, 4) is 0 Å². The van der Waals surface area contributed by atoms with Crippen molar-refractivity contribution < 1.29 is 14.3 Å². The van der Waals surface area contributed by atoms with Crippen molar-refractivity contribution in [1.29, 1.82) is 0 Å². The quantitative estimate of drug-likeness (QED) is 0.298. The van der Waals surface area contributed by atoms with Crippen molar-refractivity contribution in [3.63, 3.8) is 0 Å². The molecule has 0 unspecified atom stereocenters. The van der Waals surface area contributed by atoms with Crippen molar-refractivity contribution in [2.75, 3.05) is 17.7 Å². The molecule has 3 aromatic rings. The maximum Gasteiger partial charge on any atom is 0.340 e. The standard InChI is InChI=1S/C20H22N4O3S2/c1-4-27-18(26)16-12(2)17(22-13(16)3)15(25)11-28-20-24-23-19(29-20)21-10-14-8-6-5-7-9-14/h5-9,22H,4,10-11H2,1-3H3,(H,21,23). The van der Waals surface area contributed by atoms with Gasteiger partial charge in [-0.25, -0.2) is 4.79 Å². The Bertz CT molecular complexity index is 999. The highest BCUT2D eigenvalue weighted by Gasteiger charge is 2.23. The Morgan fingerprint density at radius 2 is 1.97 bits per heavy atom. The average molecular weight is 431 g/mol. The number of aromatic nitrogens is 3. The normalized spacial score (nSPS) is 10.7. The number of aryl methyl sites for hydroxylation is 1. The fourth-order valence-electron chi connectivity index (χ4n) is 2.85. The third kappa shape index (κ3) is 5.24. The zero-order chi connectivity index (χ0) is 20.8. The van der Waals surface area contributed by atoms with Crippen molar-refractivity contribution in [2.45, 2.75) is 31.7 Å². The molecule has 2 aromatic heterocycles. The highest BCUT2D eigenvalue weighted by molar-refractivity contribution is 8.01. The van der Waals surface area contributed by atoms with E-state index in [0.29, 0.717) is 45.1 Å². The lowest BCUT2D eigenvalue weighted by Crippen LogP contribution is -2.08. The second kappa shape index (κ2) is 9.71. The average Bonchev–Trinajstić information content (AvgIpc) is 3.29. The number of carbonyl (C=O) groups is 2. The molecule has 1 aromatic carbocycles. The molecular weight excluding hydrogens is 408 g/mol. The molecule has 0 aliphatic carbocycles. The van der Waals surface area contributed by atoms with Crippen molar-refractivity contribution in [3.05, 3.63) is 58.4 Å². The van der Waals surface area contributed by atoms with Crippen LogP contribution in [-0.2, 0) is 11.3 Å². The molecule has 3 rings (SSSR count). The third-order valence-corrected chi connectivity index (χ3v) is 6.23. The second-order valence-electron chi connectivity index (χ2n) is 6.27. The second-order valence-corrected chi connectivity index (χ2v) is 8.47.